The number of hydrogen-bond donors (Lipinski definition) is 2. The fourth-order valence-corrected chi connectivity index (χ4v) is 1.60. The van der Waals surface area contributed by atoms with Crippen LogP contribution in [0, 0.1) is 13.8 Å². The fourth-order valence-electron chi connectivity index (χ4n) is 1.60. The number of benzene rings is 1. The van der Waals surface area contributed by atoms with E-state index >= 15 is 0 Å². The highest BCUT2D eigenvalue weighted by molar-refractivity contribution is 5.85. The lowest BCUT2D eigenvalue weighted by Gasteiger charge is -2.09. The minimum absolute atomic E-state index is 0. The van der Waals surface area contributed by atoms with Crippen molar-refractivity contribution >= 4 is 18.3 Å². The predicted octanol–water partition coefficient (Wildman–Crippen LogP) is 2.08. The van der Waals surface area contributed by atoms with Crippen LogP contribution in [0.3, 0.4) is 0 Å². The maximum Gasteiger partial charge on any atom is 0.221 e. The Labute approximate surface area is 109 Å². The molecule has 0 aliphatic heterocycles. The Balaban J connectivity index is 0.00000256. The Morgan fingerprint density at radius 3 is 2.59 bits per heavy atom. The highest BCUT2D eigenvalue weighted by atomic mass is 35.5. The van der Waals surface area contributed by atoms with Crippen LogP contribution in [0.4, 0.5) is 0 Å². The molecule has 3 nitrogen and oxygen atoms in total. The van der Waals surface area contributed by atoms with Gasteiger partial charge in [-0.1, -0.05) is 23.8 Å². The molecule has 0 bridgehead atoms. The van der Waals surface area contributed by atoms with Crippen molar-refractivity contribution in [3.63, 3.8) is 0 Å². The lowest BCUT2D eigenvalue weighted by Crippen LogP contribution is -2.29. The van der Waals surface area contributed by atoms with Gasteiger partial charge in [0, 0.05) is 19.0 Å². The first kappa shape index (κ1) is 15.9. The summed E-state index contributed by atoms with van der Waals surface area (Å²) in [6.45, 7) is 6.53. The lowest BCUT2D eigenvalue weighted by molar-refractivity contribution is -0.121. The quantitative estimate of drug-likeness (QED) is 0.867. The third-order valence-electron chi connectivity index (χ3n) is 2.48. The van der Waals surface area contributed by atoms with E-state index in [4.69, 9.17) is 5.73 Å². The first-order chi connectivity index (χ1) is 7.49. The van der Waals surface area contributed by atoms with Crippen LogP contribution in [-0.4, -0.2) is 11.9 Å². The molecule has 0 fully saturated rings. The van der Waals surface area contributed by atoms with Gasteiger partial charge < -0.3 is 11.1 Å². The zero-order valence-corrected chi connectivity index (χ0v) is 11.4. The van der Waals surface area contributed by atoms with E-state index in [2.05, 4.69) is 37.4 Å². The van der Waals surface area contributed by atoms with Crippen molar-refractivity contribution in [3.8, 4) is 0 Å². The average molecular weight is 257 g/mol. The lowest BCUT2D eigenvalue weighted by atomic mass is 10.1. The summed E-state index contributed by atoms with van der Waals surface area (Å²) in [7, 11) is 0. The van der Waals surface area contributed by atoms with Crippen molar-refractivity contribution in [1.82, 2.24) is 5.32 Å². The van der Waals surface area contributed by atoms with E-state index in [1.54, 1.807) is 0 Å². The Morgan fingerprint density at radius 2 is 2.06 bits per heavy atom. The van der Waals surface area contributed by atoms with E-state index < -0.39 is 0 Å². The molecule has 3 N–H and O–H groups in total. The molecule has 0 aliphatic carbocycles. The number of carbonyl (C=O) groups is 1. The predicted molar refractivity (Wildman–Crippen MR) is 73.3 cm³/mol. The minimum Gasteiger partial charge on any atom is -0.352 e. The molecule has 0 spiro atoms. The molecule has 1 atom stereocenters. The smallest absolute Gasteiger partial charge is 0.221 e. The molecule has 0 aliphatic rings. The van der Waals surface area contributed by atoms with E-state index in [9.17, 15) is 4.79 Å². The Hall–Kier alpha value is -1.06. The number of nitrogens with one attached hydrogen (secondary N) is 1. The van der Waals surface area contributed by atoms with E-state index in [0.717, 1.165) is 5.56 Å². The summed E-state index contributed by atoms with van der Waals surface area (Å²) >= 11 is 0. The first-order valence-corrected chi connectivity index (χ1v) is 5.57. The van der Waals surface area contributed by atoms with Crippen LogP contribution in [0.2, 0.25) is 0 Å². The summed E-state index contributed by atoms with van der Waals surface area (Å²) < 4.78 is 0. The maximum atomic E-state index is 11.4. The number of halogens is 1. The van der Waals surface area contributed by atoms with Gasteiger partial charge in [0.05, 0.1) is 0 Å². The van der Waals surface area contributed by atoms with Crippen LogP contribution in [0.5, 0.6) is 0 Å². The topological polar surface area (TPSA) is 55.1 Å². The standard InChI is InChI=1S/C13H20N2O.ClH/c1-9-4-5-12(10(2)6-9)8-15-13(16)7-11(3)14;/h4-6,11H,7-8,14H2,1-3H3,(H,15,16);1H. The van der Waals surface area contributed by atoms with Crippen LogP contribution in [0.15, 0.2) is 18.2 Å². The van der Waals surface area contributed by atoms with Gasteiger partial charge in [0.15, 0.2) is 0 Å². The summed E-state index contributed by atoms with van der Waals surface area (Å²) in [5.41, 5.74) is 9.16. The summed E-state index contributed by atoms with van der Waals surface area (Å²) in [5.74, 6) is 0.00924. The number of amides is 1. The van der Waals surface area contributed by atoms with Gasteiger partial charge in [-0.05, 0) is 31.9 Å². The molecule has 0 radical (unpaired) electrons. The Kier molecular flexibility index (Phi) is 6.85. The zero-order valence-electron chi connectivity index (χ0n) is 10.6. The van der Waals surface area contributed by atoms with Gasteiger partial charge in [-0.3, -0.25) is 4.79 Å². The highest BCUT2D eigenvalue weighted by Crippen LogP contribution is 2.10. The van der Waals surface area contributed by atoms with E-state index in [-0.39, 0.29) is 24.4 Å². The molecule has 17 heavy (non-hydrogen) atoms. The molecule has 1 unspecified atom stereocenters. The second-order valence-electron chi connectivity index (χ2n) is 4.39. The van der Waals surface area contributed by atoms with Crippen molar-refractivity contribution in [3.05, 3.63) is 34.9 Å². The molecule has 1 aromatic rings. The van der Waals surface area contributed by atoms with Gasteiger partial charge in [-0.15, -0.1) is 12.4 Å². The van der Waals surface area contributed by atoms with Crippen LogP contribution in [0.1, 0.15) is 30.0 Å². The third kappa shape index (κ3) is 5.71. The molecule has 0 saturated carbocycles. The first-order valence-electron chi connectivity index (χ1n) is 5.57. The van der Waals surface area contributed by atoms with Gasteiger partial charge >= 0.3 is 0 Å². The van der Waals surface area contributed by atoms with E-state index in [0.29, 0.717) is 13.0 Å². The molecule has 1 aromatic carbocycles. The van der Waals surface area contributed by atoms with Gasteiger partial charge in [0.2, 0.25) is 5.91 Å². The van der Waals surface area contributed by atoms with Crippen molar-refractivity contribution in [2.24, 2.45) is 5.73 Å². The van der Waals surface area contributed by atoms with Crippen LogP contribution in [-0.2, 0) is 11.3 Å². The average Bonchev–Trinajstić information content (AvgIpc) is 2.15. The molecular weight excluding hydrogens is 236 g/mol. The number of carbonyl (C=O) groups excluding carboxylic acids is 1. The number of hydrogen-bond acceptors (Lipinski definition) is 2. The molecule has 1 rings (SSSR count). The second-order valence-corrected chi connectivity index (χ2v) is 4.39. The van der Waals surface area contributed by atoms with E-state index in [1.807, 2.05) is 6.92 Å². The maximum absolute atomic E-state index is 11.4. The van der Waals surface area contributed by atoms with Gasteiger partial charge in [-0.2, -0.15) is 0 Å². The Bertz CT molecular complexity index is 378. The SMILES string of the molecule is Cc1ccc(CNC(=O)CC(C)N)c(C)c1.Cl. The molecule has 1 amide bonds. The number of aryl methyl sites for hydroxylation is 2. The van der Waals surface area contributed by atoms with Crippen molar-refractivity contribution in [1.29, 1.82) is 0 Å². The molecule has 0 heterocycles. The molecule has 0 saturated heterocycles. The van der Waals surface area contributed by atoms with Gasteiger partial charge in [-0.25, -0.2) is 0 Å². The second kappa shape index (κ2) is 7.30. The molecule has 96 valence electrons. The van der Waals surface area contributed by atoms with Crippen molar-refractivity contribution < 1.29 is 4.79 Å². The van der Waals surface area contributed by atoms with Crippen molar-refractivity contribution in [2.45, 2.75) is 39.8 Å². The number of nitrogens with two attached hydrogens (primary N) is 1. The van der Waals surface area contributed by atoms with Crippen LogP contribution >= 0.6 is 12.4 Å². The molecule has 4 heteroatoms. The zero-order chi connectivity index (χ0) is 12.1. The van der Waals surface area contributed by atoms with Crippen LogP contribution in [0.25, 0.3) is 0 Å². The fraction of sp³-hybridized carbons (Fsp3) is 0.462. The normalized spacial score (nSPS) is 11.5. The largest absolute Gasteiger partial charge is 0.352 e. The monoisotopic (exact) mass is 256 g/mol. The van der Waals surface area contributed by atoms with Crippen molar-refractivity contribution in [2.75, 3.05) is 0 Å². The van der Waals surface area contributed by atoms with E-state index in [1.165, 1.54) is 11.1 Å². The summed E-state index contributed by atoms with van der Waals surface area (Å²) in [5, 5.41) is 2.87. The van der Waals surface area contributed by atoms with Gasteiger partial charge in [0.25, 0.3) is 0 Å². The highest BCUT2D eigenvalue weighted by Gasteiger charge is 2.05. The molecule has 0 aromatic heterocycles. The molecular formula is C13H21ClN2O. The third-order valence-corrected chi connectivity index (χ3v) is 2.48. The number of rotatable bonds is 4. The Morgan fingerprint density at radius 1 is 1.41 bits per heavy atom. The summed E-state index contributed by atoms with van der Waals surface area (Å²) in [6, 6.07) is 6.14. The van der Waals surface area contributed by atoms with Gasteiger partial charge in [0.1, 0.15) is 0 Å². The minimum atomic E-state index is -0.0842. The summed E-state index contributed by atoms with van der Waals surface area (Å²) in [6.07, 6.45) is 0.380. The summed E-state index contributed by atoms with van der Waals surface area (Å²) in [4.78, 5) is 11.4. The van der Waals surface area contributed by atoms with Crippen LogP contribution < -0.4 is 11.1 Å².